The molecule has 0 unspecified atom stereocenters. The Balaban J connectivity index is 2.87. The zero-order valence-electron chi connectivity index (χ0n) is 10.4. The number of alkyl halides is 1. The van der Waals surface area contributed by atoms with Crippen molar-refractivity contribution < 1.29 is 4.79 Å². The highest BCUT2D eigenvalue weighted by Gasteiger charge is 2.21. The van der Waals surface area contributed by atoms with Gasteiger partial charge < -0.3 is 4.90 Å². The van der Waals surface area contributed by atoms with Crippen LogP contribution in [0.15, 0.2) is 24.5 Å². The Morgan fingerprint density at radius 1 is 1.47 bits per heavy atom. The summed E-state index contributed by atoms with van der Waals surface area (Å²) in [5.74, 6) is 0.0752. The Hall–Kier alpha value is -0.900. The third kappa shape index (κ3) is 3.80. The summed E-state index contributed by atoms with van der Waals surface area (Å²) in [6, 6.07) is 3.92. The predicted molar refractivity (Wildman–Crippen MR) is 73.4 cm³/mol. The first kappa shape index (κ1) is 14.2. The van der Waals surface area contributed by atoms with E-state index in [1.165, 1.54) is 0 Å². The first-order valence-electron chi connectivity index (χ1n) is 6.01. The van der Waals surface area contributed by atoms with Crippen LogP contribution < -0.4 is 0 Å². The molecule has 1 amide bonds. The molecule has 0 radical (unpaired) electrons. The summed E-state index contributed by atoms with van der Waals surface area (Å²) >= 11 is 3.41. The minimum absolute atomic E-state index is 0.0752. The molecule has 0 bridgehead atoms. The molecule has 0 aliphatic rings. The van der Waals surface area contributed by atoms with Crippen molar-refractivity contribution in [2.24, 2.45) is 0 Å². The van der Waals surface area contributed by atoms with Gasteiger partial charge in [0.25, 0.3) is 5.91 Å². The molecule has 4 heteroatoms. The van der Waals surface area contributed by atoms with E-state index in [0.717, 1.165) is 24.7 Å². The smallest absolute Gasteiger partial charge is 0.255 e. The number of carbonyl (C=O) groups is 1. The summed E-state index contributed by atoms with van der Waals surface area (Å²) < 4.78 is 0. The van der Waals surface area contributed by atoms with Crippen LogP contribution in [0.4, 0.5) is 0 Å². The maximum absolute atomic E-state index is 12.4. The van der Waals surface area contributed by atoms with Gasteiger partial charge in [0, 0.05) is 30.3 Å². The van der Waals surface area contributed by atoms with Crippen LogP contribution in [0, 0.1) is 0 Å². The van der Waals surface area contributed by atoms with Gasteiger partial charge in [0.15, 0.2) is 0 Å². The third-order valence-corrected chi connectivity index (χ3v) is 3.23. The number of amides is 1. The fraction of sp³-hybridized carbons (Fsp3) is 0.538. The Morgan fingerprint density at radius 2 is 2.18 bits per heavy atom. The van der Waals surface area contributed by atoms with E-state index in [1.54, 1.807) is 18.5 Å². The molecular formula is C13H19BrN2O. The molecule has 0 aliphatic heterocycles. The average molecular weight is 299 g/mol. The van der Waals surface area contributed by atoms with Crippen molar-refractivity contribution >= 4 is 21.8 Å². The van der Waals surface area contributed by atoms with Gasteiger partial charge in [-0.3, -0.25) is 9.78 Å². The molecule has 0 aliphatic carbocycles. The molecule has 0 atom stereocenters. The molecule has 0 saturated carbocycles. The number of hydrogen-bond donors (Lipinski definition) is 0. The number of carbonyl (C=O) groups excluding carboxylic acids is 1. The van der Waals surface area contributed by atoms with Gasteiger partial charge in [-0.1, -0.05) is 29.8 Å². The number of rotatable bonds is 6. The molecular weight excluding hydrogens is 280 g/mol. The van der Waals surface area contributed by atoms with E-state index < -0.39 is 0 Å². The highest BCUT2D eigenvalue weighted by atomic mass is 79.9. The lowest BCUT2D eigenvalue weighted by atomic mass is 10.1. The van der Waals surface area contributed by atoms with Crippen LogP contribution in [0.1, 0.15) is 37.0 Å². The zero-order chi connectivity index (χ0) is 12.7. The first-order chi connectivity index (χ1) is 8.24. The minimum atomic E-state index is 0.0752. The molecule has 0 aromatic carbocycles. The summed E-state index contributed by atoms with van der Waals surface area (Å²) in [6.45, 7) is 4.97. The highest BCUT2D eigenvalue weighted by molar-refractivity contribution is 9.09. The van der Waals surface area contributed by atoms with Gasteiger partial charge in [0.1, 0.15) is 0 Å². The molecule has 0 spiro atoms. The Bertz CT molecular complexity index is 339. The van der Waals surface area contributed by atoms with Crippen LogP contribution in [-0.4, -0.2) is 33.7 Å². The molecule has 3 nitrogen and oxygen atoms in total. The maximum atomic E-state index is 12.4. The zero-order valence-corrected chi connectivity index (χ0v) is 12.0. The van der Waals surface area contributed by atoms with Gasteiger partial charge in [0.05, 0.1) is 5.56 Å². The molecule has 0 saturated heterocycles. The van der Waals surface area contributed by atoms with Gasteiger partial charge >= 0.3 is 0 Å². The summed E-state index contributed by atoms with van der Waals surface area (Å²) in [6.07, 6.45) is 5.28. The fourth-order valence-electron chi connectivity index (χ4n) is 1.93. The maximum Gasteiger partial charge on any atom is 0.255 e. The number of nitrogens with zero attached hydrogens (tertiary/aromatic N) is 2. The van der Waals surface area contributed by atoms with Gasteiger partial charge in [-0.05, 0) is 25.0 Å². The number of aromatic nitrogens is 1. The van der Waals surface area contributed by atoms with Crippen molar-refractivity contribution in [1.29, 1.82) is 0 Å². The van der Waals surface area contributed by atoms with Crippen molar-refractivity contribution in [1.82, 2.24) is 9.88 Å². The third-order valence-electron chi connectivity index (χ3n) is 2.88. The van der Waals surface area contributed by atoms with Gasteiger partial charge in [-0.25, -0.2) is 0 Å². The van der Waals surface area contributed by atoms with Crippen LogP contribution in [0.5, 0.6) is 0 Å². The summed E-state index contributed by atoms with van der Waals surface area (Å²) in [7, 11) is 0. The van der Waals surface area contributed by atoms with E-state index in [2.05, 4.69) is 34.8 Å². The van der Waals surface area contributed by atoms with Crippen molar-refractivity contribution in [3.63, 3.8) is 0 Å². The molecule has 0 fully saturated rings. The number of hydrogen-bond acceptors (Lipinski definition) is 2. The lowest BCUT2D eigenvalue weighted by Crippen LogP contribution is -2.41. The van der Waals surface area contributed by atoms with E-state index in [1.807, 2.05) is 11.0 Å². The van der Waals surface area contributed by atoms with E-state index in [4.69, 9.17) is 0 Å². The van der Waals surface area contributed by atoms with Crippen LogP contribution in [0.3, 0.4) is 0 Å². The van der Waals surface area contributed by atoms with Crippen molar-refractivity contribution in [2.45, 2.75) is 32.7 Å². The second kappa shape index (κ2) is 7.43. The van der Waals surface area contributed by atoms with Gasteiger partial charge in [-0.15, -0.1) is 0 Å². The average Bonchev–Trinajstić information content (AvgIpc) is 2.39. The molecule has 94 valence electrons. The lowest BCUT2D eigenvalue weighted by molar-refractivity contribution is 0.0682. The van der Waals surface area contributed by atoms with Gasteiger partial charge in [-0.2, -0.15) is 0 Å². The second-order valence-electron chi connectivity index (χ2n) is 3.90. The van der Waals surface area contributed by atoms with E-state index >= 15 is 0 Å². The van der Waals surface area contributed by atoms with Crippen LogP contribution in [-0.2, 0) is 0 Å². The molecule has 1 heterocycles. The molecule has 1 rings (SSSR count). The predicted octanol–water partition coefficient (Wildman–Crippen LogP) is 3.11. The van der Waals surface area contributed by atoms with Crippen molar-refractivity contribution in [2.75, 3.05) is 11.9 Å². The van der Waals surface area contributed by atoms with Crippen LogP contribution in [0.25, 0.3) is 0 Å². The Morgan fingerprint density at radius 3 is 2.65 bits per heavy atom. The topological polar surface area (TPSA) is 33.2 Å². The van der Waals surface area contributed by atoms with Crippen LogP contribution >= 0.6 is 15.9 Å². The molecule has 0 N–H and O–H groups in total. The van der Waals surface area contributed by atoms with Crippen molar-refractivity contribution in [3.8, 4) is 0 Å². The number of pyridine rings is 1. The van der Waals surface area contributed by atoms with Crippen molar-refractivity contribution in [3.05, 3.63) is 30.1 Å². The molecule has 1 aromatic rings. The Kier molecular flexibility index (Phi) is 6.19. The van der Waals surface area contributed by atoms with E-state index in [-0.39, 0.29) is 5.91 Å². The van der Waals surface area contributed by atoms with E-state index in [9.17, 15) is 4.79 Å². The minimum Gasteiger partial charge on any atom is -0.335 e. The molecule has 1 aromatic heterocycles. The normalized spacial score (nSPS) is 10.6. The van der Waals surface area contributed by atoms with Crippen LogP contribution in [0.2, 0.25) is 0 Å². The second-order valence-corrected chi connectivity index (χ2v) is 4.69. The quantitative estimate of drug-likeness (QED) is 0.756. The standard InChI is InChI=1S/C13H19BrN2O/c1-3-12(4-2)16(9-7-14)13(17)11-6-5-8-15-10-11/h5-6,8,10,12H,3-4,7,9H2,1-2H3. The largest absolute Gasteiger partial charge is 0.335 e. The molecule has 17 heavy (non-hydrogen) atoms. The number of halogens is 1. The highest BCUT2D eigenvalue weighted by Crippen LogP contribution is 2.13. The van der Waals surface area contributed by atoms with E-state index in [0.29, 0.717) is 11.6 Å². The lowest BCUT2D eigenvalue weighted by Gasteiger charge is -2.30. The first-order valence-corrected chi connectivity index (χ1v) is 7.13. The Labute approximate surface area is 111 Å². The SMILES string of the molecule is CCC(CC)N(CCBr)C(=O)c1cccnc1. The summed E-state index contributed by atoms with van der Waals surface area (Å²) in [5, 5.41) is 0.801. The monoisotopic (exact) mass is 298 g/mol. The van der Waals surface area contributed by atoms with Gasteiger partial charge in [0.2, 0.25) is 0 Å². The summed E-state index contributed by atoms with van der Waals surface area (Å²) in [5.41, 5.74) is 0.667. The summed E-state index contributed by atoms with van der Waals surface area (Å²) in [4.78, 5) is 18.3. The fourth-order valence-corrected chi connectivity index (χ4v) is 2.31.